The highest BCUT2D eigenvalue weighted by molar-refractivity contribution is 9.09. The second-order valence-electron chi connectivity index (χ2n) is 2.52. The Morgan fingerprint density at radius 2 is 1.76 bits per heavy atom. The molecule has 0 saturated heterocycles. The predicted octanol–water partition coefficient (Wildman–Crippen LogP) is 2.62. The Balaban J connectivity index is 4.35. The normalized spacial score (nSPS) is 13.6. The van der Waals surface area contributed by atoms with Gasteiger partial charge in [0.2, 0.25) is 6.54 Å². The minimum atomic E-state index is -3.88. The van der Waals surface area contributed by atoms with Crippen molar-refractivity contribution in [2.45, 2.75) is 5.01 Å². The second-order valence-corrected chi connectivity index (χ2v) is 5.92. The number of phosphoric ester groups is 1. The van der Waals surface area contributed by atoms with Gasteiger partial charge in [-0.05, 0) is 15.9 Å². The first kappa shape index (κ1) is 17.6. The van der Waals surface area contributed by atoms with E-state index in [1.807, 2.05) is 0 Å². The molecule has 0 radical (unpaired) electrons. The molecule has 0 amide bonds. The monoisotopic (exact) mass is 373 g/mol. The fourth-order valence-corrected chi connectivity index (χ4v) is 3.07. The summed E-state index contributed by atoms with van der Waals surface area (Å²) in [5.74, 6) is 0.166. The minimum absolute atomic E-state index is 0.0701. The van der Waals surface area contributed by atoms with Crippen LogP contribution >= 0.6 is 47.0 Å². The van der Waals surface area contributed by atoms with Crippen LogP contribution in [-0.2, 0) is 18.1 Å². The standard InChI is InChI=1S/C6H11BrCl2NO6P/c7-6(5-10(11)12)16-17(13,14-3-1-8)15-4-2-9/h6H,1-5H2. The van der Waals surface area contributed by atoms with Gasteiger partial charge in [-0.2, -0.15) is 0 Å². The molecule has 0 aromatic heterocycles. The first-order valence-corrected chi connectivity index (χ1v) is 7.83. The number of nitrogens with zero attached hydrogens (tertiary/aromatic N) is 1. The molecule has 0 fully saturated rings. The van der Waals surface area contributed by atoms with Crippen LogP contribution in [0.2, 0.25) is 0 Å². The summed E-state index contributed by atoms with van der Waals surface area (Å²) in [6.07, 6.45) is 0. The van der Waals surface area contributed by atoms with E-state index in [2.05, 4.69) is 15.9 Å². The van der Waals surface area contributed by atoms with Crippen molar-refractivity contribution >= 4 is 47.0 Å². The quantitative estimate of drug-likeness (QED) is 0.253. The maximum absolute atomic E-state index is 11.9. The van der Waals surface area contributed by atoms with Crippen LogP contribution in [0, 0.1) is 10.1 Å². The van der Waals surface area contributed by atoms with E-state index in [9.17, 15) is 14.7 Å². The van der Waals surface area contributed by atoms with Gasteiger partial charge < -0.3 is 0 Å². The van der Waals surface area contributed by atoms with Crippen molar-refractivity contribution in [3.05, 3.63) is 10.1 Å². The molecule has 7 nitrogen and oxygen atoms in total. The van der Waals surface area contributed by atoms with Crippen LogP contribution in [0.25, 0.3) is 0 Å². The van der Waals surface area contributed by atoms with Crippen molar-refractivity contribution in [3.63, 3.8) is 0 Å². The summed E-state index contributed by atoms with van der Waals surface area (Å²) in [7, 11) is -3.88. The van der Waals surface area contributed by atoms with E-state index in [-0.39, 0.29) is 25.0 Å². The lowest BCUT2D eigenvalue weighted by Crippen LogP contribution is -2.17. The molecule has 0 spiro atoms. The maximum atomic E-state index is 11.9. The van der Waals surface area contributed by atoms with Crippen molar-refractivity contribution in [3.8, 4) is 0 Å². The van der Waals surface area contributed by atoms with Gasteiger partial charge in [-0.15, -0.1) is 23.2 Å². The van der Waals surface area contributed by atoms with E-state index in [4.69, 9.17) is 36.8 Å². The molecule has 1 atom stereocenters. The zero-order valence-electron chi connectivity index (χ0n) is 8.59. The van der Waals surface area contributed by atoms with Crippen LogP contribution in [-0.4, -0.2) is 41.5 Å². The molecule has 17 heavy (non-hydrogen) atoms. The number of hydrogen-bond donors (Lipinski definition) is 0. The van der Waals surface area contributed by atoms with E-state index in [1.54, 1.807) is 0 Å². The van der Waals surface area contributed by atoms with E-state index in [0.29, 0.717) is 0 Å². The minimum Gasteiger partial charge on any atom is -0.286 e. The van der Waals surface area contributed by atoms with Crippen molar-refractivity contribution < 1.29 is 23.1 Å². The molecule has 0 N–H and O–H groups in total. The van der Waals surface area contributed by atoms with Gasteiger partial charge in [-0.1, -0.05) is 0 Å². The molecular weight excluding hydrogens is 364 g/mol. The van der Waals surface area contributed by atoms with E-state index >= 15 is 0 Å². The summed E-state index contributed by atoms with van der Waals surface area (Å²) in [6, 6.07) is 0. The molecule has 0 aromatic rings. The van der Waals surface area contributed by atoms with Crippen LogP contribution in [0.1, 0.15) is 0 Å². The average molecular weight is 375 g/mol. The molecular formula is C6H11BrCl2NO6P. The number of halogens is 3. The molecule has 0 heterocycles. The fraction of sp³-hybridized carbons (Fsp3) is 1.00. The smallest absolute Gasteiger partial charge is 0.286 e. The Kier molecular flexibility index (Phi) is 9.81. The van der Waals surface area contributed by atoms with E-state index < -0.39 is 24.3 Å². The fourth-order valence-electron chi connectivity index (χ4n) is 0.681. The van der Waals surface area contributed by atoms with Gasteiger partial charge >= 0.3 is 7.82 Å². The van der Waals surface area contributed by atoms with E-state index in [1.165, 1.54) is 0 Å². The number of nitro groups is 1. The maximum Gasteiger partial charge on any atom is 0.476 e. The van der Waals surface area contributed by atoms with Crippen molar-refractivity contribution in [1.82, 2.24) is 0 Å². The summed E-state index contributed by atoms with van der Waals surface area (Å²) in [5, 5.41) is 9.12. The van der Waals surface area contributed by atoms with Gasteiger partial charge in [0.05, 0.1) is 13.2 Å². The topological polar surface area (TPSA) is 87.9 Å². The Morgan fingerprint density at radius 1 is 1.29 bits per heavy atom. The number of phosphoric acid groups is 1. The SMILES string of the molecule is O=[N+]([O-])CC(Br)OP(=O)(OCCCl)OCCCl. The molecule has 0 aliphatic rings. The zero-order valence-corrected chi connectivity index (χ0v) is 12.6. The van der Waals surface area contributed by atoms with Crippen LogP contribution in [0.5, 0.6) is 0 Å². The summed E-state index contributed by atoms with van der Waals surface area (Å²) in [4.78, 5) is 9.57. The van der Waals surface area contributed by atoms with Gasteiger partial charge in [-0.25, -0.2) is 4.57 Å². The van der Waals surface area contributed by atoms with Crippen LogP contribution in [0.15, 0.2) is 0 Å². The predicted molar refractivity (Wildman–Crippen MR) is 66.6 cm³/mol. The second kappa shape index (κ2) is 9.49. The third kappa shape index (κ3) is 9.18. The Labute approximate surface area is 117 Å². The molecule has 0 rings (SSSR count). The van der Waals surface area contributed by atoms with Crippen LogP contribution < -0.4 is 0 Å². The highest BCUT2D eigenvalue weighted by Gasteiger charge is 2.31. The molecule has 0 bridgehead atoms. The molecule has 1 unspecified atom stereocenters. The van der Waals surface area contributed by atoms with Gasteiger partial charge in [0.25, 0.3) is 0 Å². The highest BCUT2D eigenvalue weighted by Crippen LogP contribution is 2.51. The molecule has 11 heteroatoms. The molecule has 0 saturated carbocycles. The molecule has 0 aromatic carbocycles. The Morgan fingerprint density at radius 3 is 2.12 bits per heavy atom. The lowest BCUT2D eigenvalue weighted by molar-refractivity contribution is -0.484. The third-order valence-electron chi connectivity index (χ3n) is 1.19. The van der Waals surface area contributed by atoms with Gasteiger partial charge in [0.1, 0.15) is 0 Å². The highest BCUT2D eigenvalue weighted by atomic mass is 79.9. The number of hydrogen-bond acceptors (Lipinski definition) is 6. The Bertz CT molecular complexity index is 271. The largest absolute Gasteiger partial charge is 0.476 e. The molecule has 0 aliphatic carbocycles. The zero-order chi connectivity index (χ0) is 13.3. The van der Waals surface area contributed by atoms with Crippen LogP contribution in [0.3, 0.4) is 0 Å². The average Bonchev–Trinajstić information content (AvgIpc) is 2.22. The lowest BCUT2D eigenvalue weighted by atomic mass is 10.7. The van der Waals surface area contributed by atoms with Gasteiger partial charge in [0.15, 0.2) is 5.01 Å². The van der Waals surface area contributed by atoms with Crippen molar-refractivity contribution in [1.29, 1.82) is 0 Å². The summed E-state index contributed by atoms with van der Waals surface area (Å²) >= 11 is 13.6. The summed E-state index contributed by atoms with van der Waals surface area (Å²) in [6.45, 7) is -0.725. The van der Waals surface area contributed by atoms with Crippen molar-refractivity contribution in [2.75, 3.05) is 31.5 Å². The van der Waals surface area contributed by atoms with Gasteiger partial charge in [-0.3, -0.25) is 23.7 Å². The summed E-state index contributed by atoms with van der Waals surface area (Å²) in [5.41, 5.74) is 0. The number of rotatable bonds is 10. The van der Waals surface area contributed by atoms with Gasteiger partial charge in [0, 0.05) is 16.7 Å². The molecule has 102 valence electrons. The summed E-state index contributed by atoms with van der Waals surface area (Å²) < 4.78 is 26.3. The third-order valence-corrected chi connectivity index (χ3v) is 3.77. The van der Waals surface area contributed by atoms with E-state index in [0.717, 1.165) is 0 Å². The first-order chi connectivity index (χ1) is 7.93. The Hall–Kier alpha value is 0.570. The first-order valence-electron chi connectivity index (χ1n) is 4.39. The van der Waals surface area contributed by atoms with Crippen molar-refractivity contribution in [2.24, 2.45) is 0 Å². The lowest BCUT2D eigenvalue weighted by Gasteiger charge is -2.18. The van der Waals surface area contributed by atoms with Crippen LogP contribution in [0.4, 0.5) is 0 Å². The number of alkyl halides is 3. The molecule has 0 aliphatic heterocycles.